The molecule has 3 rings (SSSR count). The van der Waals surface area contributed by atoms with Crippen molar-refractivity contribution in [3.05, 3.63) is 12.4 Å². The molecule has 1 N–H and O–H groups in total. The molecule has 106 valence electrons. The Labute approximate surface area is 113 Å². The van der Waals surface area contributed by atoms with Gasteiger partial charge in [-0.3, -0.25) is 4.68 Å². The van der Waals surface area contributed by atoms with Gasteiger partial charge >= 0.3 is 0 Å². The van der Waals surface area contributed by atoms with Gasteiger partial charge < -0.3 is 10.1 Å². The van der Waals surface area contributed by atoms with Crippen molar-refractivity contribution in [2.75, 3.05) is 23.4 Å². The Balaban J connectivity index is 1.56. The molecule has 2 atom stereocenters. The van der Waals surface area contributed by atoms with E-state index in [0.29, 0.717) is 6.42 Å². The largest absolute Gasteiger partial charge is 0.379 e. The van der Waals surface area contributed by atoms with Crippen molar-refractivity contribution >= 4 is 15.5 Å². The predicted octanol–water partition coefficient (Wildman–Crippen LogP) is 0.661. The molecule has 0 aromatic carbocycles. The molecule has 2 aliphatic rings. The van der Waals surface area contributed by atoms with E-state index in [9.17, 15) is 8.42 Å². The highest BCUT2D eigenvalue weighted by atomic mass is 32.2. The van der Waals surface area contributed by atoms with E-state index in [4.69, 9.17) is 4.74 Å². The quantitative estimate of drug-likeness (QED) is 0.880. The molecule has 2 fully saturated rings. The molecule has 0 aliphatic carbocycles. The minimum absolute atomic E-state index is 0.0189. The monoisotopic (exact) mass is 285 g/mol. The van der Waals surface area contributed by atoms with E-state index in [0.717, 1.165) is 31.7 Å². The molecule has 2 aliphatic heterocycles. The first kappa shape index (κ1) is 12.9. The standard InChI is InChI=1S/C12H19N3O3S/c16-19(17)5-3-10(9-19)14-11-6-13-15(7-11)8-12-2-1-4-18-12/h6-7,10,12,14H,1-5,8-9H2. The van der Waals surface area contributed by atoms with Crippen molar-refractivity contribution < 1.29 is 13.2 Å². The van der Waals surface area contributed by atoms with Gasteiger partial charge in [0.1, 0.15) is 0 Å². The second kappa shape index (κ2) is 5.13. The third-order valence-electron chi connectivity index (χ3n) is 3.65. The van der Waals surface area contributed by atoms with Crippen LogP contribution in [-0.4, -0.2) is 48.5 Å². The molecule has 1 aromatic rings. The molecule has 2 saturated heterocycles. The zero-order valence-corrected chi connectivity index (χ0v) is 11.6. The first-order chi connectivity index (χ1) is 9.11. The van der Waals surface area contributed by atoms with E-state index >= 15 is 0 Å². The minimum Gasteiger partial charge on any atom is -0.379 e. The topological polar surface area (TPSA) is 73.2 Å². The van der Waals surface area contributed by atoms with Gasteiger partial charge in [0.15, 0.2) is 9.84 Å². The molecule has 7 heteroatoms. The fourth-order valence-corrected chi connectivity index (χ4v) is 4.35. The zero-order valence-electron chi connectivity index (χ0n) is 10.8. The summed E-state index contributed by atoms with van der Waals surface area (Å²) in [5.74, 6) is 0.513. The van der Waals surface area contributed by atoms with Gasteiger partial charge in [-0.05, 0) is 19.3 Å². The van der Waals surface area contributed by atoms with Crippen molar-refractivity contribution in [3.8, 4) is 0 Å². The molecule has 2 unspecified atom stereocenters. The van der Waals surface area contributed by atoms with Gasteiger partial charge in [-0.25, -0.2) is 8.42 Å². The fraction of sp³-hybridized carbons (Fsp3) is 0.750. The molecule has 0 amide bonds. The first-order valence-electron chi connectivity index (χ1n) is 6.72. The summed E-state index contributed by atoms with van der Waals surface area (Å²) in [5.41, 5.74) is 0.889. The summed E-state index contributed by atoms with van der Waals surface area (Å²) in [6.07, 6.45) is 6.83. The van der Waals surface area contributed by atoms with Crippen LogP contribution in [0, 0.1) is 0 Å². The second-order valence-corrected chi connectivity index (χ2v) is 7.56. The number of ether oxygens (including phenoxy) is 1. The van der Waals surface area contributed by atoms with Gasteiger partial charge in [0.25, 0.3) is 0 Å². The Morgan fingerprint density at radius 1 is 1.47 bits per heavy atom. The zero-order chi connectivity index (χ0) is 13.3. The summed E-state index contributed by atoms with van der Waals surface area (Å²) in [5, 5.41) is 7.52. The second-order valence-electron chi connectivity index (χ2n) is 5.33. The Bertz CT molecular complexity index is 534. The molecule has 3 heterocycles. The lowest BCUT2D eigenvalue weighted by molar-refractivity contribution is 0.0940. The van der Waals surface area contributed by atoms with Crippen LogP contribution >= 0.6 is 0 Å². The van der Waals surface area contributed by atoms with E-state index < -0.39 is 9.84 Å². The maximum atomic E-state index is 11.4. The number of hydrogen-bond acceptors (Lipinski definition) is 5. The van der Waals surface area contributed by atoms with Gasteiger partial charge in [0, 0.05) is 18.8 Å². The lowest BCUT2D eigenvalue weighted by Gasteiger charge is -2.10. The average molecular weight is 285 g/mol. The lowest BCUT2D eigenvalue weighted by atomic mass is 10.2. The van der Waals surface area contributed by atoms with Crippen LogP contribution in [0.5, 0.6) is 0 Å². The Kier molecular flexibility index (Phi) is 3.49. The van der Waals surface area contributed by atoms with Crippen LogP contribution in [0.15, 0.2) is 12.4 Å². The molecule has 0 spiro atoms. The first-order valence-corrected chi connectivity index (χ1v) is 8.54. The maximum absolute atomic E-state index is 11.4. The third-order valence-corrected chi connectivity index (χ3v) is 5.42. The Hall–Kier alpha value is -1.08. The van der Waals surface area contributed by atoms with E-state index in [1.54, 1.807) is 6.20 Å². The van der Waals surface area contributed by atoms with Crippen molar-refractivity contribution in [2.24, 2.45) is 0 Å². The van der Waals surface area contributed by atoms with Gasteiger partial charge in [-0.1, -0.05) is 0 Å². The van der Waals surface area contributed by atoms with Crippen LogP contribution < -0.4 is 5.32 Å². The number of sulfone groups is 1. The summed E-state index contributed by atoms with van der Waals surface area (Å²) in [6, 6.07) is 0.0189. The molecule has 1 aromatic heterocycles. The summed E-state index contributed by atoms with van der Waals surface area (Å²) in [4.78, 5) is 0. The van der Waals surface area contributed by atoms with Crippen LogP contribution in [0.2, 0.25) is 0 Å². The van der Waals surface area contributed by atoms with E-state index in [1.807, 2.05) is 10.9 Å². The molecule has 0 radical (unpaired) electrons. The van der Waals surface area contributed by atoms with Crippen LogP contribution in [0.4, 0.5) is 5.69 Å². The van der Waals surface area contributed by atoms with Crippen molar-refractivity contribution in [1.29, 1.82) is 0 Å². The summed E-state index contributed by atoms with van der Waals surface area (Å²) >= 11 is 0. The van der Waals surface area contributed by atoms with Gasteiger partial charge in [0.2, 0.25) is 0 Å². The van der Waals surface area contributed by atoms with Crippen LogP contribution in [0.25, 0.3) is 0 Å². The Morgan fingerprint density at radius 3 is 3.05 bits per heavy atom. The molecular weight excluding hydrogens is 266 g/mol. The van der Waals surface area contributed by atoms with E-state index in [2.05, 4.69) is 10.4 Å². The highest BCUT2D eigenvalue weighted by Gasteiger charge is 2.27. The molecule has 6 nitrogen and oxygen atoms in total. The van der Waals surface area contributed by atoms with Gasteiger partial charge in [0.05, 0.1) is 36.0 Å². The Morgan fingerprint density at radius 2 is 2.37 bits per heavy atom. The van der Waals surface area contributed by atoms with E-state index in [-0.39, 0.29) is 23.7 Å². The average Bonchev–Trinajstić information content (AvgIpc) is 3.04. The van der Waals surface area contributed by atoms with Crippen LogP contribution in [0.1, 0.15) is 19.3 Å². The van der Waals surface area contributed by atoms with Gasteiger partial charge in [-0.15, -0.1) is 0 Å². The summed E-state index contributed by atoms with van der Waals surface area (Å²) < 4.78 is 30.2. The predicted molar refractivity (Wildman–Crippen MR) is 71.9 cm³/mol. The SMILES string of the molecule is O=S1(=O)CCC(Nc2cnn(CC3CCCO3)c2)C1. The maximum Gasteiger partial charge on any atom is 0.152 e. The fourth-order valence-electron chi connectivity index (χ4n) is 2.68. The van der Waals surface area contributed by atoms with Crippen molar-refractivity contribution in [3.63, 3.8) is 0 Å². The number of hydrogen-bond donors (Lipinski definition) is 1. The van der Waals surface area contributed by atoms with Gasteiger partial charge in [-0.2, -0.15) is 5.10 Å². The van der Waals surface area contributed by atoms with E-state index in [1.165, 1.54) is 0 Å². The normalized spacial score (nSPS) is 29.7. The highest BCUT2D eigenvalue weighted by molar-refractivity contribution is 7.91. The molecule has 0 bridgehead atoms. The number of aromatic nitrogens is 2. The molecule has 19 heavy (non-hydrogen) atoms. The highest BCUT2D eigenvalue weighted by Crippen LogP contribution is 2.18. The molecule has 0 saturated carbocycles. The number of rotatable bonds is 4. The number of nitrogens with zero attached hydrogens (tertiary/aromatic N) is 2. The number of anilines is 1. The smallest absolute Gasteiger partial charge is 0.152 e. The summed E-state index contributed by atoms with van der Waals surface area (Å²) in [7, 11) is -2.84. The minimum atomic E-state index is -2.84. The summed E-state index contributed by atoms with van der Waals surface area (Å²) in [6.45, 7) is 1.61. The third kappa shape index (κ3) is 3.27. The van der Waals surface area contributed by atoms with Crippen molar-refractivity contribution in [2.45, 2.75) is 38.0 Å². The van der Waals surface area contributed by atoms with Crippen LogP contribution in [0.3, 0.4) is 0 Å². The van der Waals surface area contributed by atoms with Crippen LogP contribution in [-0.2, 0) is 21.1 Å². The lowest BCUT2D eigenvalue weighted by Crippen LogP contribution is -2.20. The number of nitrogens with one attached hydrogen (secondary N) is 1. The van der Waals surface area contributed by atoms with Crippen molar-refractivity contribution in [1.82, 2.24) is 9.78 Å². The molecular formula is C12H19N3O3S.